The van der Waals surface area contributed by atoms with Gasteiger partial charge in [0.05, 0.1) is 37.9 Å². The number of hydrogen-bond acceptors (Lipinski definition) is 8. The summed E-state index contributed by atoms with van der Waals surface area (Å²) >= 11 is 0. The van der Waals surface area contributed by atoms with Crippen molar-refractivity contribution < 1.29 is 33.3 Å². The van der Waals surface area contributed by atoms with Crippen LogP contribution in [0.15, 0.2) is 40.7 Å². The summed E-state index contributed by atoms with van der Waals surface area (Å²) in [7, 11) is 4.35. The average molecular weight is 417 g/mol. The maximum atomic E-state index is 12.7. The molecule has 0 radical (unpaired) electrons. The molecule has 0 spiro atoms. The maximum Gasteiger partial charge on any atom is 0.336 e. The van der Waals surface area contributed by atoms with Crippen LogP contribution in [0.25, 0.3) is 0 Å². The van der Waals surface area contributed by atoms with Gasteiger partial charge in [0, 0.05) is 25.4 Å². The van der Waals surface area contributed by atoms with Crippen molar-refractivity contribution in [3.8, 4) is 11.5 Å². The predicted octanol–water partition coefficient (Wildman–Crippen LogP) is 2.93. The van der Waals surface area contributed by atoms with Gasteiger partial charge in [0.15, 0.2) is 11.5 Å². The summed E-state index contributed by atoms with van der Waals surface area (Å²) in [5.74, 6) is -1.76. The van der Waals surface area contributed by atoms with Crippen LogP contribution < -0.4 is 9.47 Å². The fourth-order valence-corrected chi connectivity index (χ4v) is 3.47. The van der Waals surface area contributed by atoms with Crippen LogP contribution in [0.1, 0.15) is 39.2 Å². The largest absolute Gasteiger partial charge is 0.490 e. The molecule has 0 amide bonds. The first-order chi connectivity index (χ1) is 14.2. The van der Waals surface area contributed by atoms with E-state index >= 15 is 0 Å². The lowest BCUT2D eigenvalue weighted by Gasteiger charge is -2.35. The predicted molar refractivity (Wildman–Crippen MR) is 109 cm³/mol. The number of esters is 3. The number of allylic oxidation sites excluding steroid dienone is 2. The average Bonchev–Trinajstić information content (AvgIpc) is 2.71. The minimum absolute atomic E-state index is 0.252. The molecule has 0 N–H and O–H groups in total. The second-order valence-corrected chi connectivity index (χ2v) is 6.71. The molecule has 0 aromatic heterocycles. The van der Waals surface area contributed by atoms with Gasteiger partial charge >= 0.3 is 17.9 Å². The highest BCUT2D eigenvalue weighted by Crippen LogP contribution is 2.44. The minimum Gasteiger partial charge on any atom is -0.490 e. The normalized spacial score (nSPS) is 14.6. The van der Waals surface area contributed by atoms with Gasteiger partial charge in [-0.2, -0.15) is 0 Å². The van der Waals surface area contributed by atoms with E-state index in [9.17, 15) is 14.4 Å². The number of ether oxygens (including phenoxy) is 4. The van der Waals surface area contributed by atoms with Crippen molar-refractivity contribution in [1.82, 2.24) is 4.90 Å². The minimum atomic E-state index is -0.744. The van der Waals surface area contributed by atoms with Crippen molar-refractivity contribution in [3.63, 3.8) is 0 Å². The molecule has 0 atom stereocenters. The van der Waals surface area contributed by atoms with Crippen LogP contribution in [0.3, 0.4) is 0 Å². The molecule has 1 aromatic carbocycles. The van der Waals surface area contributed by atoms with Gasteiger partial charge in [0.25, 0.3) is 0 Å². The highest BCUT2D eigenvalue weighted by molar-refractivity contribution is 5.99. The molecule has 30 heavy (non-hydrogen) atoms. The van der Waals surface area contributed by atoms with Crippen molar-refractivity contribution in [2.24, 2.45) is 0 Å². The molecule has 1 heterocycles. The summed E-state index contributed by atoms with van der Waals surface area (Å²) in [6.45, 7) is 7.00. The van der Waals surface area contributed by atoms with Crippen molar-refractivity contribution in [3.05, 3.63) is 46.3 Å². The first-order valence-electron chi connectivity index (χ1n) is 9.44. The van der Waals surface area contributed by atoms with E-state index in [2.05, 4.69) is 0 Å². The summed E-state index contributed by atoms with van der Waals surface area (Å²) in [4.78, 5) is 38.6. The molecule has 2 rings (SSSR count). The summed E-state index contributed by atoms with van der Waals surface area (Å²) < 4.78 is 20.9. The molecule has 1 aliphatic heterocycles. The van der Waals surface area contributed by atoms with Crippen LogP contribution in [-0.4, -0.2) is 50.7 Å². The summed E-state index contributed by atoms with van der Waals surface area (Å²) in [6, 6.07) is 4.92. The summed E-state index contributed by atoms with van der Waals surface area (Å²) in [5, 5.41) is 0. The van der Waals surface area contributed by atoms with Crippen LogP contribution in [0.4, 0.5) is 0 Å². The van der Waals surface area contributed by atoms with Gasteiger partial charge in [-0.1, -0.05) is 6.07 Å². The fourth-order valence-electron chi connectivity index (χ4n) is 3.47. The Kier molecular flexibility index (Phi) is 7.26. The number of carbonyl (C=O) groups is 3. The molecular weight excluding hydrogens is 390 g/mol. The second kappa shape index (κ2) is 9.47. The molecule has 1 aliphatic rings. The molecule has 0 saturated carbocycles. The maximum absolute atomic E-state index is 12.7. The zero-order valence-corrected chi connectivity index (χ0v) is 18.3. The van der Waals surface area contributed by atoms with Gasteiger partial charge < -0.3 is 23.8 Å². The molecule has 1 aromatic rings. The lowest BCUT2D eigenvalue weighted by atomic mass is 9.79. The van der Waals surface area contributed by atoms with E-state index in [1.807, 2.05) is 0 Å². The lowest BCUT2D eigenvalue weighted by molar-refractivity contribution is -0.137. The molecule has 0 fully saturated rings. The van der Waals surface area contributed by atoms with E-state index in [4.69, 9.17) is 18.9 Å². The quantitative estimate of drug-likeness (QED) is 0.515. The van der Waals surface area contributed by atoms with Gasteiger partial charge in [-0.3, -0.25) is 4.79 Å². The Labute approximate surface area is 176 Å². The molecule has 0 bridgehead atoms. The van der Waals surface area contributed by atoms with Crippen molar-refractivity contribution in [2.75, 3.05) is 27.9 Å². The van der Waals surface area contributed by atoms with Crippen molar-refractivity contribution in [2.45, 2.75) is 33.6 Å². The first kappa shape index (κ1) is 23.0. The highest BCUT2D eigenvalue weighted by atomic mass is 16.6. The van der Waals surface area contributed by atoms with Crippen molar-refractivity contribution in [1.29, 1.82) is 0 Å². The Bertz CT molecular complexity index is 889. The van der Waals surface area contributed by atoms with Crippen LogP contribution in [0.2, 0.25) is 0 Å². The zero-order valence-electron chi connectivity index (χ0n) is 18.3. The monoisotopic (exact) mass is 417 g/mol. The van der Waals surface area contributed by atoms with Gasteiger partial charge in [0.1, 0.15) is 0 Å². The smallest absolute Gasteiger partial charge is 0.336 e. The molecule has 0 unspecified atom stereocenters. The number of nitrogens with zero attached hydrogens (tertiary/aromatic N) is 1. The van der Waals surface area contributed by atoms with E-state index < -0.39 is 23.8 Å². The Hall–Kier alpha value is -3.29. The molecular formula is C22H27NO7. The molecule has 0 saturated heterocycles. The fraction of sp³-hybridized carbons (Fsp3) is 0.409. The first-order valence-corrected chi connectivity index (χ1v) is 9.44. The van der Waals surface area contributed by atoms with E-state index in [1.54, 1.807) is 50.9 Å². The van der Waals surface area contributed by atoms with Crippen LogP contribution in [-0.2, 0) is 23.9 Å². The van der Waals surface area contributed by atoms with Gasteiger partial charge in [-0.05, 0) is 38.5 Å². The third kappa shape index (κ3) is 4.32. The van der Waals surface area contributed by atoms with E-state index in [1.165, 1.54) is 21.1 Å². The zero-order chi connectivity index (χ0) is 22.6. The van der Waals surface area contributed by atoms with E-state index in [-0.39, 0.29) is 5.75 Å². The van der Waals surface area contributed by atoms with Crippen LogP contribution in [0, 0.1) is 0 Å². The van der Waals surface area contributed by atoms with Gasteiger partial charge in [-0.25, -0.2) is 9.59 Å². The standard InChI is InChI=1S/C22H27NO7/c1-8-29-17-11-15(9-10-16(17)30-14(4)24)20-18(21(25)27-6)12(2)23(5)13(3)19(20)22(26)28-7/h9-11,20H,8H2,1-7H3. The highest BCUT2D eigenvalue weighted by Gasteiger charge is 2.39. The summed E-state index contributed by atoms with van der Waals surface area (Å²) in [5.41, 5.74) is 2.53. The molecule has 162 valence electrons. The number of methoxy groups -OCH3 is 2. The SMILES string of the molecule is CCOc1cc(C2C(C(=O)OC)=C(C)N(C)C(C)=C2C(=O)OC)ccc1OC(C)=O. The third-order valence-electron chi connectivity index (χ3n) is 5.03. The second-order valence-electron chi connectivity index (χ2n) is 6.71. The van der Waals surface area contributed by atoms with Gasteiger partial charge in [0.2, 0.25) is 0 Å². The Morgan fingerprint density at radius 1 is 0.967 bits per heavy atom. The van der Waals surface area contributed by atoms with E-state index in [0.717, 1.165) is 0 Å². The summed E-state index contributed by atoms with van der Waals surface area (Å²) in [6.07, 6.45) is 0. The lowest BCUT2D eigenvalue weighted by Crippen LogP contribution is -2.33. The van der Waals surface area contributed by atoms with Gasteiger partial charge in [-0.15, -0.1) is 0 Å². The number of benzene rings is 1. The topological polar surface area (TPSA) is 91.4 Å². The molecule has 0 aliphatic carbocycles. The van der Waals surface area contributed by atoms with Crippen LogP contribution >= 0.6 is 0 Å². The Morgan fingerprint density at radius 2 is 1.50 bits per heavy atom. The van der Waals surface area contributed by atoms with Crippen LogP contribution in [0.5, 0.6) is 11.5 Å². The van der Waals surface area contributed by atoms with E-state index in [0.29, 0.717) is 40.5 Å². The number of hydrogen-bond donors (Lipinski definition) is 0. The Morgan fingerprint density at radius 3 is 1.93 bits per heavy atom. The molecule has 8 nitrogen and oxygen atoms in total. The number of rotatable bonds is 6. The third-order valence-corrected chi connectivity index (χ3v) is 5.03. The Balaban J connectivity index is 2.76. The van der Waals surface area contributed by atoms with Crippen molar-refractivity contribution >= 4 is 17.9 Å². The molecule has 8 heteroatoms. The number of carbonyl (C=O) groups excluding carboxylic acids is 3.